The van der Waals surface area contributed by atoms with Gasteiger partial charge in [0.05, 0.1) is 18.8 Å². The van der Waals surface area contributed by atoms with E-state index in [9.17, 15) is 0 Å². The third-order valence-electron chi connectivity index (χ3n) is 4.00. The molecular formula is C17H27NO2. The van der Waals surface area contributed by atoms with E-state index in [1.165, 1.54) is 11.1 Å². The third-order valence-corrected chi connectivity index (χ3v) is 4.00. The van der Waals surface area contributed by atoms with Crippen LogP contribution in [0.4, 0.5) is 0 Å². The predicted molar refractivity (Wildman–Crippen MR) is 82.3 cm³/mol. The standard InChI is InChI=1S/C17H27NO2/c1-5-18-16(17-13(4)9-10-20-17)14-11-12(3)7-8-15(14)19-6-2/h7-8,11,13,16-18H,5-6,9-10H2,1-4H3. The van der Waals surface area contributed by atoms with Gasteiger partial charge in [0.15, 0.2) is 0 Å². The van der Waals surface area contributed by atoms with Crippen molar-refractivity contribution in [2.45, 2.75) is 46.3 Å². The fraction of sp³-hybridized carbons (Fsp3) is 0.647. The van der Waals surface area contributed by atoms with Gasteiger partial charge in [0.1, 0.15) is 5.75 Å². The normalized spacial score (nSPS) is 23.8. The van der Waals surface area contributed by atoms with Crippen molar-refractivity contribution in [1.82, 2.24) is 5.32 Å². The Bertz CT molecular complexity index is 433. The summed E-state index contributed by atoms with van der Waals surface area (Å²) in [6.45, 7) is 11.1. The van der Waals surface area contributed by atoms with E-state index in [1.807, 2.05) is 6.92 Å². The number of benzene rings is 1. The molecule has 1 fully saturated rings. The van der Waals surface area contributed by atoms with Crippen molar-refractivity contribution in [3.05, 3.63) is 29.3 Å². The highest BCUT2D eigenvalue weighted by Gasteiger charge is 2.34. The Balaban J connectivity index is 2.34. The molecule has 3 atom stereocenters. The monoisotopic (exact) mass is 277 g/mol. The predicted octanol–water partition coefficient (Wildman–Crippen LogP) is 3.47. The van der Waals surface area contributed by atoms with Gasteiger partial charge in [-0.1, -0.05) is 31.5 Å². The van der Waals surface area contributed by atoms with E-state index < -0.39 is 0 Å². The maximum atomic E-state index is 5.99. The molecule has 1 aliphatic heterocycles. The van der Waals surface area contributed by atoms with Crippen LogP contribution >= 0.6 is 0 Å². The molecule has 20 heavy (non-hydrogen) atoms. The van der Waals surface area contributed by atoms with Crippen LogP contribution in [0.25, 0.3) is 0 Å². The first-order valence-electron chi connectivity index (χ1n) is 7.75. The number of ether oxygens (including phenoxy) is 2. The van der Waals surface area contributed by atoms with Gasteiger partial charge in [-0.25, -0.2) is 0 Å². The summed E-state index contributed by atoms with van der Waals surface area (Å²) in [7, 11) is 0. The lowest BCUT2D eigenvalue weighted by Gasteiger charge is -2.29. The zero-order chi connectivity index (χ0) is 14.5. The molecule has 0 bridgehead atoms. The van der Waals surface area contributed by atoms with Crippen molar-refractivity contribution in [1.29, 1.82) is 0 Å². The van der Waals surface area contributed by atoms with Gasteiger partial charge in [-0.05, 0) is 38.8 Å². The van der Waals surface area contributed by atoms with Gasteiger partial charge in [-0.15, -0.1) is 0 Å². The SMILES string of the molecule is CCNC(c1cc(C)ccc1OCC)C1OCCC1C. The first-order chi connectivity index (χ1) is 9.67. The molecule has 0 spiro atoms. The average Bonchev–Trinajstić information content (AvgIpc) is 2.85. The molecule has 3 unspecified atom stereocenters. The summed E-state index contributed by atoms with van der Waals surface area (Å²) < 4.78 is 11.8. The van der Waals surface area contributed by atoms with E-state index in [2.05, 4.69) is 44.3 Å². The summed E-state index contributed by atoms with van der Waals surface area (Å²) in [4.78, 5) is 0. The average molecular weight is 277 g/mol. The van der Waals surface area contributed by atoms with Crippen LogP contribution in [0.3, 0.4) is 0 Å². The molecule has 0 aliphatic carbocycles. The topological polar surface area (TPSA) is 30.5 Å². The zero-order valence-corrected chi connectivity index (χ0v) is 13.1. The highest BCUT2D eigenvalue weighted by Crippen LogP contribution is 2.36. The molecule has 1 aliphatic rings. The van der Waals surface area contributed by atoms with E-state index in [1.54, 1.807) is 0 Å². The van der Waals surface area contributed by atoms with Crippen LogP contribution in [-0.4, -0.2) is 25.9 Å². The number of aryl methyl sites for hydroxylation is 1. The lowest BCUT2D eigenvalue weighted by molar-refractivity contribution is 0.0602. The first-order valence-corrected chi connectivity index (χ1v) is 7.75. The van der Waals surface area contributed by atoms with Crippen LogP contribution in [0.1, 0.15) is 44.4 Å². The fourth-order valence-electron chi connectivity index (χ4n) is 2.96. The van der Waals surface area contributed by atoms with Gasteiger partial charge < -0.3 is 14.8 Å². The Labute approximate surface area is 122 Å². The van der Waals surface area contributed by atoms with Gasteiger partial charge in [-0.3, -0.25) is 0 Å². The summed E-state index contributed by atoms with van der Waals surface area (Å²) in [6, 6.07) is 6.63. The Kier molecular flexibility index (Phi) is 5.44. The molecular weight excluding hydrogens is 250 g/mol. The van der Waals surface area contributed by atoms with Crippen LogP contribution in [0.15, 0.2) is 18.2 Å². The minimum atomic E-state index is 0.207. The summed E-state index contributed by atoms with van der Waals surface area (Å²) >= 11 is 0. The van der Waals surface area contributed by atoms with Crippen LogP contribution in [0.5, 0.6) is 5.75 Å². The number of hydrogen-bond donors (Lipinski definition) is 1. The third kappa shape index (κ3) is 3.33. The Hall–Kier alpha value is -1.06. The number of rotatable bonds is 6. The molecule has 1 aromatic carbocycles. The minimum Gasteiger partial charge on any atom is -0.494 e. The van der Waals surface area contributed by atoms with Gasteiger partial charge >= 0.3 is 0 Å². The van der Waals surface area contributed by atoms with Gasteiger partial charge in [-0.2, -0.15) is 0 Å². The molecule has 0 radical (unpaired) electrons. The molecule has 1 aromatic rings. The molecule has 1 saturated heterocycles. The second-order valence-electron chi connectivity index (χ2n) is 5.61. The van der Waals surface area contributed by atoms with E-state index in [4.69, 9.17) is 9.47 Å². The molecule has 0 saturated carbocycles. The van der Waals surface area contributed by atoms with Crippen LogP contribution in [0.2, 0.25) is 0 Å². The molecule has 0 aromatic heterocycles. The van der Waals surface area contributed by atoms with Gasteiger partial charge in [0.25, 0.3) is 0 Å². The number of nitrogens with one attached hydrogen (secondary N) is 1. The lowest BCUT2D eigenvalue weighted by Crippen LogP contribution is -2.35. The van der Waals surface area contributed by atoms with Gasteiger partial charge in [0, 0.05) is 12.2 Å². The second kappa shape index (κ2) is 7.09. The quantitative estimate of drug-likeness (QED) is 0.863. The summed E-state index contributed by atoms with van der Waals surface area (Å²) in [6.07, 6.45) is 1.37. The van der Waals surface area contributed by atoms with Crippen molar-refractivity contribution < 1.29 is 9.47 Å². The van der Waals surface area contributed by atoms with Crippen LogP contribution < -0.4 is 10.1 Å². The summed E-state index contributed by atoms with van der Waals surface area (Å²) in [5, 5.41) is 3.59. The summed E-state index contributed by atoms with van der Waals surface area (Å²) in [5.41, 5.74) is 2.49. The molecule has 112 valence electrons. The second-order valence-corrected chi connectivity index (χ2v) is 5.61. The van der Waals surface area contributed by atoms with E-state index >= 15 is 0 Å². The maximum Gasteiger partial charge on any atom is 0.124 e. The first kappa shape index (κ1) is 15.3. The molecule has 3 heteroatoms. The fourth-order valence-corrected chi connectivity index (χ4v) is 2.96. The minimum absolute atomic E-state index is 0.207. The van der Waals surface area contributed by atoms with Crippen molar-refractivity contribution in [2.75, 3.05) is 19.8 Å². The van der Waals surface area contributed by atoms with Crippen LogP contribution in [0, 0.1) is 12.8 Å². The Morgan fingerprint density at radius 1 is 1.40 bits per heavy atom. The Morgan fingerprint density at radius 3 is 2.80 bits per heavy atom. The highest BCUT2D eigenvalue weighted by atomic mass is 16.5. The van der Waals surface area contributed by atoms with Crippen molar-refractivity contribution in [3.8, 4) is 5.75 Å². The van der Waals surface area contributed by atoms with E-state index in [0.717, 1.165) is 25.3 Å². The summed E-state index contributed by atoms with van der Waals surface area (Å²) in [5.74, 6) is 1.56. The number of likely N-dealkylation sites (N-methyl/N-ethyl adjacent to an activating group) is 1. The maximum absolute atomic E-state index is 5.99. The van der Waals surface area contributed by atoms with Crippen LogP contribution in [-0.2, 0) is 4.74 Å². The van der Waals surface area contributed by atoms with E-state index in [-0.39, 0.29) is 12.1 Å². The number of hydrogen-bond acceptors (Lipinski definition) is 3. The highest BCUT2D eigenvalue weighted by molar-refractivity contribution is 5.40. The zero-order valence-electron chi connectivity index (χ0n) is 13.1. The smallest absolute Gasteiger partial charge is 0.124 e. The van der Waals surface area contributed by atoms with Crippen molar-refractivity contribution >= 4 is 0 Å². The lowest BCUT2D eigenvalue weighted by atomic mass is 9.91. The van der Waals surface area contributed by atoms with Crippen molar-refractivity contribution in [3.63, 3.8) is 0 Å². The molecule has 1 N–H and O–H groups in total. The molecule has 0 amide bonds. The molecule has 3 nitrogen and oxygen atoms in total. The van der Waals surface area contributed by atoms with Gasteiger partial charge in [0.2, 0.25) is 0 Å². The molecule has 2 rings (SSSR count). The van der Waals surface area contributed by atoms with Crippen molar-refractivity contribution in [2.24, 2.45) is 5.92 Å². The molecule has 1 heterocycles. The largest absolute Gasteiger partial charge is 0.494 e. The Morgan fingerprint density at radius 2 is 2.20 bits per heavy atom. The van der Waals surface area contributed by atoms with E-state index in [0.29, 0.717) is 12.5 Å².